The molecule has 0 fully saturated rings. The van der Waals surface area contributed by atoms with E-state index in [4.69, 9.17) is 12.2 Å². The minimum Gasteiger partial charge on any atom is -0.435 e. The van der Waals surface area contributed by atoms with E-state index in [9.17, 15) is 8.78 Å². The quantitative estimate of drug-likeness (QED) is 0.807. The minimum absolute atomic E-state index is 0.0985. The van der Waals surface area contributed by atoms with Crippen molar-refractivity contribution in [1.29, 1.82) is 0 Å². The summed E-state index contributed by atoms with van der Waals surface area (Å²) in [5.41, 5.74) is 0.606. The largest absolute Gasteiger partial charge is 0.435 e. The van der Waals surface area contributed by atoms with Gasteiger partial charge in [-0.2, -0.15) is 8.78 Å². The van der Waals surface area contributed by atoms with Crippen LogP contribution in [0.15, 0.2) is 24.3 Å². The van der Waals surface area contributed by atoms with Gasteiger partial charge in [-0.1, -0.05) is 13.0 Å². The van der Waals surface area contributed by atoms with Crippen LogP contribution in [0.5, 0.6) is 5.75 Å². The van der Waals surface area contributed by atoms with Crippen molar-refractivity contribution in [3.8, 4) is 5.75 Å². The number of rotatable bonds is 5. The third-order valence-electron chi connectivity index (χ3n) is 2.31. The summed E-state index contributed by atoms with van der Waals surface area (Å²) in [5, 5.41) is 6.44. The Morgan fingerprint density at radius 1 is 1.44 bits per heavy atom. The summed E-state index contributed by atoms with van der Waals surface area (Å²) in [6.07, 6.45) is 0.941. The smallest absolute Gasteiger partial charge is 0.387 e. The number of anilines is 1. The second-order valence-electron chi connectivity index (χ2n) is 3.81. The molecule has 0 aromatic heterocycles. The number of hydrogen-bond acceptors (Lipinski definition) is 2. The molecule has 1 atom stereocenters. The molecule has 6 heteroatoms. The van der Waals surface area contributed by atoms with Gasteiger partial charge in [0.1, 0.15) is 5.75 Å². The van der Waals surface area contributed by atoms with Gasteiger partial charge < -0.3 is 15.4 Å². The van der Waals surface area contributed by atoms with E-state index >= 15 is 0 Å². The van der Waals surface area contributed by atoms with Crippen LogP contribution < -0.4 is 15.4 Å². The van der Waals surface area contributed by atoms with Gasteiger partial charge >= 0.3 is 6.61 Å². The monoisotopic (exact) mass is 274 g/mol. The zero-order valence-electron chi connectivity index (χ0n) is 10.2. The summed E-state index contributed by atoms with van der Waals surface area (Å²) in [5.74, 6) is 0.0985. The van der Waals surface area contributed by atoms with Crippen LogP contribution >= 0.6 is 12.2 Å². The second-order valence-corrected chi connectivity index (χ2v) is 4.22. The molecule has 0 aliphatic heterocycles. The lowest BCUT2D eigenvalue weighted by molar-refractivity contribution is -0.0497. The fourth-order valence-corrected chi connectivity index (χ4v) is 1.56. The van der Waals surface area contributed by atoms with Crippen LogP contribution in [0.3, 0.4) is 0 Å². The molecule has 1 rings (SSSR count). The van der Waals surface area contributed by atoms with Gasteiger partial charge in [-0.15, -0.1) is 0 Å². The highest BCUT2D eigenvalue weighted by Gasteiger charge is 2.06. The SMILES string of the molecule is CC[C@H](C)NC(=S)Nc1cccc(OC(F)F)c1. The molecule has 1 aromatic carbocycles. The molecule has 0 heterocycles. The topological polar surface area (TPSA) is 33.3 Å². The van der Waals surface area contributed by atoms with Gasteiger partial charge in [0, 0.05) is 17.8 Å². The maximum Gasteiger partial charge on any atom is 0.387 e. The second kappa shape index (κ2) is 7.10. The van der Waals surface area contributed by atoms with Gasteiger partial charge in [0.15, 0.2) is 5.11 Å². The molecule has 0 saturated carbocycles. The molecule has 0 radical (unpaired) electrons. The maximum atomic E-state index is 12.1. The molecule has 0 aliphatic carbocycles. The molecule has 0 amide bonds. The first-order chi connectivity index (χ1) is 8.51. The van der Waals surface area contributed by atoms with Crippen LogP contribution in [0.1, 0.15) is 20.3 Å². The predicted molar refractivity (Wildman–Crippen MR) is 72.2 cm³/mol. The Morgan fingerprint density at radius 2 is 2.17 bits per heavy atom. The number of thiocarbonyl (C=S) groups is 1. The third-order valence-corrected chi connectivity index (χ3v) is 2.53. The fraction of sp³-hybridized carbons (Fsp3) is 0.417. The molecule has 1 aromatic rings. The highest BCUT2D eigenvalue weighted by molar-refractivity contribution is 7.80. The average molecular weight is 274 g/mol. The molecule has 100 valence electrons. The standard InChI is InChI=1S/C12H16F2N2OS/c1-3-8(2)15-12(18)16-9-5-4-6-10(7-9)17-11(13)14/h4-8,11H,3H2,1-2H3,(H2,15,16,18)/t8-/m0/s1. The number of halogens is 2. The van der Waals surface area contributed by atoms with Gasteiger partial charge in [-0.3, -0.25) is 0 Å². The predicted octanol–water partition coefficient (Wildman–Crippen LogP) is 3.37. The number of nitrogens with one attached hydrogen (secondary N) is 2. The van der Waals surface area contributed by atoms with E-state index in [2.05, 4.69) is 15.4 Å². The lowest BCUT2D eigenvalue weighted by atomic mass is 10.3. The van der Waals surface area contributed by atoms with Crippen molar-refractivity contribution in [2.45, 2.75) is 32.9 Å². The van der Waals surface area contributed by atoms with Crippen LogP contribution in [0.25, 0.3) is 0 Å². The Kier molecular flexibility index (Phi) is 5.77. The molecule has 2 N–H and O–H groups in total. The molecule has 0 spiro atoms. The summed E-state index contributed by atoms with van der Waals surface area (Å²) >= 11 is 5.10. The summed E-state index contributed by atoms with van der Waals surface area (Å²) in [4.78, 5) is 0. The van der Waals surface area contributed by atoms with Crippen molar-refractivity contribution >= 4 is 23.0 Å². The van der Waals surface area contributed by atoms with Crippen LogP contribution in [0.4, 0.5) is 14.5 Å². The Bertz CT molecular complexity index is 401. The van der Waals surface area contributed by atoms with Crippen LogP contribution in [-0.2, 0) is 0 Å². The van der Waals surface area contributed by atoms with E-state index in [0.717, 1.165) is 6.42 Å². The molecule has 3 nitrogen and oxygen atoms in total. The van der Waals surface area contributed by atoms with E-state index in [0.29, 0.717) is 10.8 Å². The van der Waals surface area contributed by atoms with Gasteiger partial charge in [-0.05, 0) is 37.7 Å². The first-order valence-electron chi connectivity index (χ1n) is 5.63. The maximum absolute atomic E-state index is 12.1. The van der Waals surface area contributed by atoms with Gasteiger partial charge in [-0.25, -0.2) is 0 Å². The van der Waals surface area contributed by atoms with Crippen LogP contribution in [0, 0.1) is 0 Å². The highest BCUT2D eigenvalue weighted by atomic mass is 32.1. The highest BCUT2D eigenvalue weighted by Crippen LogP contribution is 2.19. The Balaban J connectivity index is 2.59. The third kappa shape index (κ3) is 5.27. The number of benzene rings is 1. The van der Waals surface area contributed by atoms with E-state index in [1.165, 1.54) is 12.1 Å². The van der Waals surface area contributed by atoms with Crippen molar-refractivity contribution in [1.82, 2.24) is 5.32 Å². The molecule has 0 saturated heterocycles. The van der Waals surface area contributed by atoms with E-state index in [1.807, 2.05) is 13.8 Å². The first-order valence-corrected chi connectivity index (χ1v) is 6.04. The molecular weight excluding hydrogens is 258 g/mol. The normalized spacial score (nSPS) is 12.1. The minimum atomic E-state index is -2.83. The van der Waals surface area contributed by atoms with Gasteiger partial charge in [0.25, 0.3) is 0 Å². The molecule has 0 bridgehead atoms. The van der Waals surface area contributed by atoms with Crippen molar-refractivity contribution in [2.24, 2.45) is 0 Å². The van der Waals surface area contributed by atoms with E-state index < -0.39 is 6.61 Å². The fourth-order valence-electron chi connectivity index (χ4n) is 1.24. The van der Waals surface area contributed by atoms with Crippen molar-refractivity contribution < 1.29 is 13.5 Å². The van der Waals surface area contributed by atoms with Crippen LogP contribution in [-0.4, -0.2) is 17.8 Å². The summed E-state index contributed by atoms with van der Waals surface area (Å²) in [6, 6.07) is 6.53. The first kappa shape index (κ1) is 14.6. The Hall–Kier alpha value is -1.43. The summed E-state index contributed by atoms with van der Waals surface area (Å²) in [6.45, 7) is 1.22. The average Bonchev–Trinajstić information content (AvgIpc) is 2.28. The van der Waals surface area contributed by atoms with Crippen LogP contribution in [0.2, 0.25) is 0 Å². The van der Waals surface area contributed by atoms with Gasteiger partial charge in [0.2, 0.25) is 0 Å². The van der Waals surface area contributed by atoms with Crippen molar-refractivity contribution in [3.63, 3.8) is 0 Å². The van der Waals surface area contributed by atoms with Crippen molar-refractivity contribution in [2.75, 3.05) is 5.32 Å². The lowest BCUT2D eigenvalue weighted by Crippen LogP contribution is -2.35. The summed E-state index contributed by atoms with van der Waals surface area (Å²) in [7, 11) is 0. The van der Waals surface area contributed by atoms with Crippen molar-refractivity contribution in [3.05, 3.63) is 24.3 Å². The Labute approximate surface area is 111 Å². The molecular formula is C12H16F2N2OS. The van der Waals surface area contributed by atoms with Gasteiger partial charge in [0.05, 0.1) is 0 Å². The van der Waals surface area contributed by atoms with E-state index in [1.54, 1.807) is 12.1 Å². The zero-order valence-corrected chi connectivity index (χ0v) is 11.1. The zero-order chi connectivity index (χ0) is 13.5. The lowest BCUT2D eigenvalue weighted by Gasteiger charge is -2.15. The van der Waals surface area contributed by atoms with E-state index in [-0.39, 0.29) is 11.8 Å². The number of hydrogen-bond donors (Lipinski definition) is 2. The summed E-state index contributed by atoms with van der Waals surface area (Å²) < 4.78 is 28.4. The number of alkyl halides is 2. The Morgan fingerprint density at radius 3 is 2.78 bits per heavy atom. The molecule has 0 aliphatic rings. The number of ether oxygens (including phenoxy) is 1. The molecule has 0 unspecified atom stereocenters. The molecule has 18 heavy (non-hydrogen) atoms.